The summed E-state index contributed by atoms with van der Waals surface area (Å²) < 4.78 is 5.27. The van der Waals surface area contributed by atoms with Gasteiger partial charge in [-0.05, 0) is 18.1 Å². The van der Waals surface area contributed by atoms with Crippen molar-refractivity contribution in [1.29, 1.82) is 0 Å². The van der Waals surface area contributed by atoms with Crippen LogP contribution in [0.25, 0.3) is 0 Å². The molecule has 5 nitrogen and oxygen atoms in total. The molecule has 0 bridgehead atoms. The SMILES string of the molecule is CCNC(CC)C(C)c1nc(N(C)C)no1. The van der Waals surface area contributed by atoms with E-state index in [0.717, 1.165) is 13.0 Å². The molecule has 2 atom stereocenters. The summed E-state index contributed by atoms with van der Waals surface area (Å²) >= 11 is 0. The molecule has 1 aromatic heterocycles. The summed E-state index contributed by atoms with van der Waals surface area (Å²) in [6.07, 6.45) is 1.05. The lowest BCUT2D eigenvalue weighted by Crippen LogP contribution is -2.33. The predicted molar refractivity (Wildman–Crippen MR) is 64.8 cm³/mol. The quantitative estimate of drug-likeness (QED) is 0.799. The molecule has 0 aliphatic rings. The lowest BCUT2D eigenvalue weighted by Gasteiger charge is -2.20. The average Bonchev–Trinajstić information content (AvgIpc) is 2.74. The molecule has 0 aliphatic carbocycles. The number of nitrogens with one attached hydrogen (secondary N) is 1. The van der Waals surface area contributed by atoms with E-state index in [1.165, 1.54) is 0 Å². The topological polar surface area (TPSA) is 54.2 Å². The molecule has 0 radical (unpaired) electrons. The normalized spacial score (nSPS) is 14.8. The molecule has 1 aromatic rings. The Balaban J connectivity index is 2.73. The molecule has 2 unspecified atom stereocenters. The van der Waals surface area contributed by atoms with Crippen molar-refractivity contribution < 1.29 is 4.52 Å². The number of aromatic nitrogens is 2. The molecule has 0 fully saturated rings. The summed E-state index contributed by atoms with van der Waals surface area (Å²) in [6, 6.07) is 0.389. The zero-order valence-corrected chi connectivity index (χ0v) is 10.8. The fourth-order valence-corrected chi connectivity index (χ4v) is 1.70. The van der Waals surface area contributed by atoms with Gasteiger partial charge in [-0.3, -0.25) is 0 Å². The van der Waals surface area contributed by atoms with Gasteiger partial charge in [0.2, 0.25) is 5.89 Å². The molecule has 0 saturated carbocycles. The van der Waals surface area contributed by atoms with E-state index < -0.39 is 0 Å². The number of anilines is 1. The summed E-state index contributed by atoms with van der Waals surface area (Å²) in [6.45, 7) is 7.34. The molecule has 0 aromatic carbocycles. The van der Waals surface area contributed by atoms with Crippen LogP contribution >= 0.6 is 0 Å². The van der Waals surface area contributed by atoms with Gasteiger partial charge in [0.05, 0.1) is 5.92 Å². The highest BCUT2D eigenvalue weighted by atomic mass is 16.5. The van der Waals surface area contributed by atoms with Crippen molar-refractivity contribution in [2.24, 2.45) is 0 Å². The predicted octanol–water partition coefficient (Wildman–Crippen LogP) is 1.63. The van der Waals surface area contributed by atoms with Crippen molar-refractivity contribution in [3.05, 3.63) is 5.89 Å². The fraction of sp³-hybridized carbons (Fsp3) is 0.818. The lowest BCUT2D eigenvalue weighted by atomic mass is 9.99. The Morgan fingerprint density at radius 2 is 2.06 bits per heavy atom. The van der Waals surface area contributed by atoms with Gasteiger partial charge in [0.25, 0.3) is 5.95 Å². The third-order valence-electron chi connectivity index (χ3n) is 2.73. The zero-order chi connectivity index (χ0) is 12.1. The molecular weight excluding hydrogens is 204 g/mol. The second kappa shape index (κ2) is 5.84. The van der Waals surface area contributed by atoms with Crippen LogP contribution in [0.3, 0.4) is 0 Å². The van der Waals surface area contributed by atoms with Gasteiger partial charge in [0, 0.05) is 20.1 Å². The number of hydrogen-bond acceptors (Lipinski definition) is 5. The maximum atomic E-state index is 5.27. The van der Waals surface area contributed by atoms with Crippen LogP contribution in [0, 0.1) is 0 Å². The van der Waals surface area contributed by atoms with Gasteiger partial charge < -0.3 is 14.7 Å². The van der Waals surface area contributed by atoms with Crippen LogP contribution in [0.15, 0.2) is 4.52 Å². The molecule has 0 saturated heterocycles. The summed E-state index contributed by atoms with van der Waals surface area (Å²) in [7, 11) is 3.81. The fourth-order valence-electron chi connectivity index (χ4n) is 1.70. The van der Waals surface area contributed by atoms with Gasteiger partial charge in [-0.1, -0.05) is 20.8 Å². The van der Waals surface area contributed by atoms with Gasteiger partial charge in [-0.25, -0.2) is 0 Å². The summed E-state index contributed by atoms with van der Waals surface area (Å²) in [5.41, 5.74) is 0. The summed E-state index contributed by atoms with van der Waals surface area (Å²) in [4.78, 5) is 6.21. The summed E-state index contributed by atoms with van der Waals surface area (Å²) in [5, 5.41) is 7.35. The Morgan fingerprint density at radius 3 is 2.50 bits per heavy atom. The minimum Gasteiger partial charge on any atom is -0.344 e. The van der Waals surface area contributed by atoms with Crippen LogP contribution in [-0.4, -0.2) is 36.8 Å². The van der Waals surface area contributed by atoms with Gasteiger partial charge >= 0.3 is 0 Å². The second-order valence-corrected chi connectivity index (χ2v) is 4.19. The number of likely N-dealkylation sites (N-methyl/N-ethyl adjacent to an activating group) is 1. The summed E-state index contributed by atoms with van der Waals surface area (Å²) in [5.74, 6) is 1.58. The van der Waals surface area contributed by atoms with Crippen molar-refractivity contribution in [3.8, 4) is 0 Å². The van der Waals surface area contributed by atoms with Crippen molar-refractivity contribution in [3.63, 3.8) is 0 Å². The third kappa shape index (κ3) is 2.95. The number of hydrogen-bond donors (Lipinski definition) is 1. The minimum atomic E-state index is 0.242. The molecule has 92 valence electrons. The van der Waals surface area contributed by atoms with Crippen LogP contribution in [-0.2, 0) is 0 Å². The van der Waals surface area contributed by atoms with Gasteiger partial charge in [0.15, 0.2) is 0 Å². The first-order valence-electron chi connectivity index (χ1n) is 5.84. The monoisotopic (exact) mass is 226 g/mol. The van der Waals surface area contributed by atoms with E-state index in [-0.39, 0.29) is 5.92 Å². The maximum absolute atomic E-state index is 5.27. The van der Waals surface area contributed by atoms with Crippen LogP contribution in [0.1, 0.15) is 39.0 Å². The highest BCUT2D eigenvalue weighted by Crippen LogP contribution is 2.21. The molecule has 1 rings (SSSR count). The van der Waals surface area contributed by atoms with Crippen LogP contribution in [0.2, 0.25) is 0 Å². The lowest BCUT2D eigenvalue weighted by molar-refractivity contribution is 0.321. The molecule has 0 amide bonds. The van der Waals surface area contributed by atoms with E-state index in [4.69, 9.17) is 4.52 Å². The number of nitrogens with zero attached hydrogens (tertiary/aromatic N) is 3. The molecule has 5 heteroatoms. The van der Waals surface area contributed by atoms with Crippen LogP contribution < -0.4 is 10.2 Å². The molecule has 0 spiro atoms. The van der Waals surface area contributed by atoms with E-state index in [1.54, 1.807) is 0 Å². The first-order valence-corrected chi connectivity index (χ1v) is 5.84. The van der Waals surface area contributed by atoms with E-state index in [0.29, 0.717) is 17.9 Å². The average molecular weight is 226 g/mol. The van der Waals surface area contributed by atoms with Gasteiger partial charge in [-0.2, -0.15) is 4.98 Å². The largest absolute Gasteiger partial charge is 0.344 e. The van der Waals surface area contributed by atoms with E-state index >= 15 is 0 Å². The first-order chi connectivity index (χ1) is 7.60. The molecular formula is C11H22N4O. The van der Waals surface area contributed by atoms with Crippen LogP contribution in [0.4, 0.5) is 5.95 Å². The Hall–Kier alpha value is -1.10. The van der Waals surface area contributed by atoms with E-state index in [1.807, 2.05) is 19.0 Å². The second-order valence-electron chi connectivity index (χ2n) is 4.19. The zero-order valence-electron chi connectivity index (χ0n) is 10.8. The number of rotatable bonds is 6. The van der Waals surface area contributed by atoms with Crippen molar-refractivity contribution >= 4 is 5.95 Å². The van der Waals surface area contributed by atoms with Crippen molar-refractivity contribution in [2.75, 3.05) is 25.5 Å². The Bertz CT molecular complexity index is 311. The highest BCUT2D eigenvalue weighted by molar-refractivity contribution is 5.24. The first kappa shape index (κ1) is 13.0. The Labute approximate surface area is 97.2 Å². The van der Waals surface area contributed by atoms with Crippen molar-refractivity contribution in [2.45, 2.75) is 39.2 Å². The highest BCUT2D eigenvalue weighted by Gasteiger charge is 2.22. The van der Waals surface area contributed by atoms with E-state index in [9.17, 15) is 0 Å². The molecule has 16 heavy (non-hydrogen) atoms. The third-order valence-corrected chi connectivity index (χ3v) is 2.73. The van der Waals surface area contributed by atoms with E-state index in [2.05, 4.69) is 36.2 Å². The van der Waals surface area contributed by atoms with Gasteiger partial charge in [0.1, 0.15) is 0 Å². The Morgan fingerprint density at radius 1 is 1.38 bits per heavy atom. The molecule has 0 aliphatic heterocycles. The van der Waals surface area contributed by atoms with Crippen LogP contribution in [0.5, 0.6) is 0 Å². The standard InChI is InChI=1S/C11H22N4O/c1-6-9(12-7-2)8(3)10-13-11(14-16-10)15(4)5/h8-9,12H,6-7H2,1-5H3. The maximum Gasteiger partial charge on any atom is 0.265 e. The van der Waals surface area contributed by atoms with Crippen molar-refractivity contribution in [1.82, 2.24) is 15.5 Å². The molecule has 1 heterocycles. The molecule has 1 N–H and O–H groups in total. The minimum absolute atomic E-state index is 0.242. The van der Waals surface area contributed by atoms with Gasteiger partial charge in [-0.15, -0.1) is 0 Å². The smallest absolute Gasteiger partial charge is 0.265 e. The Kier molecular flexibility index (Phi) is 4.73.